The summed E-state index contributed by atoms with van der Waals surface area (Å²) in [5.41, 5.74) is -0.906. The number of nitrogens with zero attached hydrogens (tertiary/aromatic N) is 2. The van der Waals surface area contributed by atoms with Crippen LogP contribution in [0.5, 0.6) is 0 Å². The van der Waals surface area contributed by atoms with E-state index in [1.807, 2.05) is 0 Å². The lowest BCUT2D eigenvalue weighted by atomic mass is 10.1. The number of aliphatic carboxylic acids is 1. The van der Waals surface area contributed by atoms with Gasteiger partial charge in [0.25, 0.3) is 0 Å². The van der Waals surface area contributed by atoms with E-state index < -0.39 is 29.4 Å². The molecule has 0 fully saturated rings. The van der Waals surface area contributed by atoms with E-state index in [2.05, 4.69) is 4.98 Å². The maximum Gasteiger partial charge on any atom is 0.425 e. The normalized spacial score (nSPS) is 12.3. The number of carboxylic acids is 1. The molecule has 1 rings (SSSR count). The second-order valence-electron chi connectivity index (χ2n) is 8.07. The van der Waals surface area contributed by atoms with Crippen molar-refractivity contribution >= 4 is 30.0 Å². The number of anilines is 1. The monoisotopic (exact) mass is 392 g/mol. The summed E-state index contributed by atoms with van der Waals surface area (Å²) in [5, 5.41) is 9.12. The summed E-state index contributed by atoms with van der Waals surface area (Å²) in [4.78, 5) is 41.1. The Morgan fingerprint density at radius 1 is 1.04 bits per heavy atom. The van der Waals surface area contributed by atoms with Crippen LogP contribution < -0.4 is 4.90 Å². The maximum atomic E-state index is 12.6. The highest BCUT2D eigenvalue weighted by atomic mass is 16.6. The fraction of sp³-hybridized carbons (Fsp3) is 0.500. The van der Waals surface area contributed by atoms with Crippen LogP contribution in [-0.2, 0) is 14.3 Å². The predicted molar refractivity (Wildman–Crippen MR) is 105 cm³/mol. The summed E-state index contributed by atoms with van der Waals surface area (Å²) in [5.74, 6) is -1.01. The third-order valence-electron chi connectivity index (χ3n) is 3.15. The molecule has 0 unspecified atom stereocenters. The molecule has 0 aromatic carbocycles. The number of imide groups is 1. The number of carboxylic acid groups (broad SMARTS) is 1. The largest absolute Gasteiger partial charge is 0.478 e. The lowest BCUT2D eigenvalue weighted by Crippen LogP contribution is -2.44. The lowest BCUT2D eigenvalue weighted by Gasteiger charge is -2.28. The van der Waals surface area contributed by atoms with E-state index in [4.69, 9.17) is 14.6 Å². The smallest absolute Gasteiger partial charge is 0.425 e. The highest BCUT2D eigenvalue weighted by Gasteiger charge is 2.33. The Morgan fingerprint density at radius 3 is 1.86 bits per heavy atom. The molecular formula is C20H28N2O6. The second kappa shape index (κ2) is 8.86. The summed E-state index contributed by atoms with van der Waals surface area (Å²) < 4.78 is 10.6. The molecule has 0 aliphatic carbocycles. The average Bonchev–Trinajstić information content (AvgIpc) is 2.50. The quantitative estimate of drug-likeness (QED) is 0.744. The molecule has 0 saturated heterocycles. The minimum atomic E-state index is -1.02. The zero-order chi connectivity index (χ0) is 21.7. The van der Waals surface area contributed by atoms with Crippen LogP contribution in [0.1, 0.15) is 60.5 Å². The SMILES string of the molecule is CCC(=Cc1ccc(N(C(=O)OC(C)(C)C)C(=O)OC(C)(C)C)nc1)C(=O)O. The van der Waals surface area contributed by atoms with Gasteiger partial charge in [-0.3, -0.25) is 0 Å². The van der Waals surface area contributed by atoms with Gasteiger partial charge in [-0.25, -0.2) is 19.4 Å². The van der Waals surface area contributed by atoms with Gasteiger partial charge in [0.1, 0.15) is 17.0 Å². The molecule has 0 aliphatic rings. The van der Waals surface area contributed by atoms with Gasteiger partial charge in [0.15, 0.2) is 0 Å². The van der Waals surface area contributed by atoms with E-state index in [1.54, 1.807) is 54.5 Å². The van der Waals surface area contributed by atoms with Crippen LogP contribution in [0.4, 0.5) is 15.4 Å². The molecule has 1 aromatic heterocycles. The standard InChI is InChI=1S/C20H28N2O6/c1-8-14(16(23)24)11-13-9-10-15(21-12-13)22(17(25)27-19(2,3)4)18(26)28-20(5,6)7/h9-12H,8H2,1-7H3,(H,23,24). The van der Waals surface area contributed by atoms with E-state index in [9.17, 15) is 14.4 Å². The van der Waals surface area contributed by atoms with Gasteiger partial charge in [-0.05, 0) is 71.7 Å². The number of amides is 2. The first-order valence-corrected chi connectivity index (χ1v) is 8.89. The number of hydrogen-bond acceptors (Lipinski definition) is 6. The van der Waals surface area contributed by atoms with Crippen molar-refractivity contribution in [1.29, 1.82) is 0 Å². The third-order valence-corrected chi connectivity index (χ3v) is 3.15. The molecule has 0 saturated carbocycles. The maximum absolute atomic E-state index is 12.6. The predicted octanol–water partition coefficient (Wildman–Crippen LogP) is 4.64. The molecule has 1 aromatic rings. The second-order valence-corrected chi connectivity index (χ2v) is 8.07. The first kappa shape index (κ1) is 23.1. The molecular weight excluding hydrogens is 364 g/mol. The third kappa shape index (κ3) is 7.38. The van der Waals surface area contributed by atoms with Gasteiger partial charge in [0.2, 0.25) is 0 Å². The first-order chi connectivity index (χ1) is 12.7. The van der Waals surface area contributed by atoms with Crippen LogP contribution in [0, 0.1) is 0 Å². The van der Waals surface area contributed by atoms with Crippen molar-refractivity contribution in [3.63, 3.8) is 0 Å². The number of pyridine rings is 1. The van der Waals surface area contributed by atoms with Crippen LogP contribution in [0.15, 0.2) is 23.9 Å². The molecule has 154 valence electrons. The fourth-order valence-corrected chi connectivity index (χ4v) is 2.01. The van der Waals surface area contributed by atoms with E-state index >= 15 is 0 Å². The Balaban J connectivity index is 3.25. The number of ether oxygens (including phenoxy) is 2. The number of hydrogen-bond donors (Lipinski definition) is 1. The van der Waals surface area contributed by atoms with Gasteiger partial charge in [0, 0.05) is 11.8 Å². The van der Waals surface area contributed by atoms with Crippen LogP contribution in [0.3, 0.4) is 0 Å². The minimum Gasteiger partial charge on any atom is -0.478 e. The Hall–Kier alpha value is -2.90. The van der Waals surface area contributed by atoms with Crippen molar-refractivity contribution in [2.45, 2.75) is 66.1 Å². The Kier molecular flexibility index (Phi) is 7.32. The van der Waals surface area contributed by atoms with E-state index in [0.29, 0.717) is 16.9 Å². The van der Waals surface area contributed by atoms with Crippen LogP contribution in [-0.4, -0.2) is 39.4 Å². The van der Waals surface area contributed by atoms with Crippen molar-refractivity contribution < 1.29 is 29.0 Å². The average molecular weight is 392 g/mol. The molecule has 0 radical (unpaired) electrons. The number of carbonyl (C=O) groups is 3. The Labute approximate surface area is 165 Å². The molecule has 8 heteroatoms. The summed E-state index contributed by atoms with van der Waals surface area (Å²) in [6.45, 7) is 11.8. The van der Waals surface area contributed by atoms with Crippen molar-refractivity contribution in [1.82, 2.24) is 4.98 Å². The topological polar surface area (TPSA) is 106 Å². The van der Waals surface area contributed by atoms with Gasteiger partial charge in [-0.2, -0.15) is 4.90 Å². The summed E-state index contributed by atoms with van der Waals surface area (Å²) in [6.07, 6.45) is 1.36. The zero-order valence-electron chi connectivity index (χ0n) is 17.4. The number of carbonyl (C=O) groups excluding carboxylic acids is 2. The number of aromatic nitrogens is 1. The molecule has 8 nitrogen and oxygen atoms in total. The van der Waals surface area contributed by atoms with Gasteiger partial charge in [-0.1, -0.05) is 6.92 Å². The molecule has 1 heterocycles. The lowest BCUT2D eigenvalue weighted by molar-refractivity contribution is -0.132. The molecule has 0 aliphatic heterocycles. The summed E-state index contributed by atoms with van der Waals surface area (Å²) >= 11 is 0. The van der Waals surface area contributed by atoms with E-state index in [0.717, 1.165) is 0 Å². The summed E-state index contributed by atoms with van der Waals surface area (Å²) in [6, 6.07) is 2.98. The Morgan fingerprint density at radius 2 is 1.54 bits per heavy atom. The Bertz CT molecular complexity index is 726. The van der Waals surface area contributed by atoms with Crippen LogP contribution >= 0.6 is 0 Å². The van der Waals surface area contributed by atoms with E-state index in [1.165, 1.54) is 18.3 Å². The molecule has 2 amide bonds. The van der Waals surface area contributed by atoms with Crippen molar-refractivity contribution in [2.75, 3.05) is 4.90 Å². The van der Waals surface area contributed by atoms with Gasteiger partial charge < -0.3 is 14.6 Å². The first-order valence-electron chi connectivity index (χ1n) is 8.89. The van der Waals surface area contributed by atoms with E-state index in [-0.39, 0.29) is 11.4 Å². The fourth-order valence-electron chi connectivity index (χ4n) is 2.01. The van der Waals surface area contributed by atoms with Crippen molar-refractivity contribution in [3.05, 3.63) is 29.5 Å². The van der Waals surface area contributed by atoms with Gasteiger partial charge in [-0.15, -0.1) is 0 Å². The number of rotatable bonds is 4. The summed E-state index contributed by atoms with van der Waals surface area (Å²) in [7, 11) is 0. The molecule has 0 spiro atoms. The van der Waals surface area contributed by atoms with Crippen LogP contribution in [0.2, 0.25) is 0 Å². The minimum absolute atomic E-state index is 0.00836. The van der Waals surface area contributed by atoms with Gasteiger partial charge >= 0.3 is 18.2 Å². The molecule has 0 bridgehead atoms. The van der Waals surface area contributed by atoms with Crippen LogP contribution in [0.25, 0.3) is 6.08 Å². The molecule has 1 N–H and O–H groups in total. The van der Waals surface area contributed by atoms with Gasteiger partial charge in [0.05, 0.1) is 0 Å². The molecule has 0 atom stereocenters. The van der Waals surface area contributed by atoms with Crippen molar-refractivity contribution in [2.24, 2.45) is 0 Å². The highest BCUT2D eigenvalue weighted by molar-refractivity contribution is 6.08. The van der Waals surface area contributed by atoms with Crippen molar-refractivity contribution in [3.8, 4) is 0 Å². The highest BCUT2D eigenvalue weighted by Crippen LogP contribution is 2.21. The molecule has 28 heavy (non-hydrogen) atoms. The zero-order valence-corrected chi connectivity index (χ0v) is 17.4.